The normalized spacial score (nSPS) is 15.4. The van der Waals surface area contributed by atoms with Crippen molar-refractivity contribution in [2.45, 2.75) is 6.92 Å². The topological polar surface area (TPSA) is 82.6 Å². The maximum Gasteiger partial charge on any atom is 0.352 e. The Hall–Kier alpha value is -2.34. The highest BCUT2D eigenvalue weighted by molar-refractivity contribution is 5.96. The molecule has 2 heterocycles. The Morgan fingerprint density at radius 2 is 2.05 bits per heavy atom. The minimum atomic E-state index is -1.12. The van der Waals surface area contributed by atoms with E-state index in [1.54, 1.807) is 6.07 Å². The minimum Gasteiger partial charge on any atom is -0.477 e. The highest BCUT2D eigenvalue weighted by Gasteiger charge is 2.19. The quantitative estimate of drug-likeness (QED) is 0.872. The van der Waals surface area contributed by atoms with Gasteiger partial charge in [0.2, 0.25) is 0 Å². The summed E-state index contributed by atoms with van der Waals surface area (Å²) in [6.45, 7) is 4.22. The van der Waals surface area contributed by atoms with Crippen molar-refractivity contribution in [1.29, 1.82) is 0 Å². The predicted molar refractivity (Wildman–Crippen MR) is 79.3 cm³/mol. The molecule has 0 aliphatic carbocycles. The van der Waals surface area contributed by atoms with E-state index in [9.17, 15) is 14.7 Å². The van der Waals surface area contributed by atoms with E-state index in [1.165, 1.54) is 6.92 Å². The van der Waals surface area contributed by atoms with Gasteiger partial charge in [0.15, 0.2) is 5.43 Å². The van der Waals surface area contributed by atoms with Crippen LogP contribution < -0.4 is 10.3 Å². The number of nitrogens with zero attached hydrogens (tertiary/aromatic N) is 1. The molecule has 0 saturated carbocycles. The number of morpholine rings is 1. The van der Waals surface area contributed by atoms with Crippen LogP contribution in [0.4, 0.5) is 5.69 Å². The molecular weight excluding hydrogens is 272 g/mol. The van der Waals surface area contributed by atoms with Crippen LogP contribution in [-0.2, 0) is 4.74 Å². The molecular formula is C15H16N2O4. The lowest BCUT2D eigenvalue weighted by molar-refractivity contribution is 0.0690. The maximum atomic E-state index is 12.4. The molecule has 1 saturated heterocycles. The lowest BCUT2D eigenvalue weighted by Crippen LogP contribution is -2.36. The molecule has 2 N–H and O–H groups in total. The summed E-state index contributed by atoms with van der Waals surface area (Å²) < 4.78 is 5.33. The van der Waals surface area contributed by atoms with Gasteiger partial charge in [0, 0.05) is 24.0 Å². The molecule has 110 valence electrons. The van der Waals surface area contributed by atoms with Gasteiger partial charge < -0.3 is 19.7 Å². The number of rotatable bonds is 2. The Balaban J connectivity index is 2.26. The number of H-pyrrole nitrogens is 1. The van der Waals surface area contributed by atoms with Gasteiger partial charge in [-0.05, 0) is 19.1 Å². The summed E-state index contributed by atoms with van der Waals surface area (Å²) in [5.74, 6) is -1.12. The second-order valence-electron chi connectivity index (χ2n) is 5.06. The number of carbonyl (C=O) groups is 1. The SMILES string of the molecule is Cc1c(C(=O)O)[nH]c2c(N3CCOCC3)cccc2c1=O. The summed E-state index contributed by atoms with van der Waals surface area (Å²) in [5.41, 5.74) is 1.36. The van der Waals surface area contributed by atoms with Crippen molar-refractivity contribution in [3.8, 4) is 0 Å². The van der Waals surface area contributed by atoms with E-state index in [-0.39, 0.29) is 16.7 Å². The molecule has 21 heavy (non-hydrogen) atoms. The fraction of sp³-hybridized carbons (Fsp3) is 0.333. The molecule has 0 bridgehead atoms. The van der Waals surface area contributed by atoms with Gasteiger partial charge in [-0.3, -0.25) is 4.79 Å². The van der Waals surface area contributed by atoms with Crippen LogP contribution in [0, 0.1) is 6.92 Å². The monoisotopic (exact) mass is 288 g/mol. The van der Waals surface area contributed by atoms with Gasteiger partial charge >= 0.3 is 5.97 Å². The van der Waals surface area contributed by atoms with Crippen LogP contribution >= 0.6 is 0 Å². The van der Waals surface area contributed by atoms with E-state index in [2.05, 4.69) is 9.88 Å². The van der Waals surface area contributed by atoms with Crippen molar-refractivity contribution in [3.05, 3.63) is 39.7 Å². The summed E-state index contributed by atoms with van der Waals surface area (Å²) in [6.07, 6.45) is 0. The Labute approximate surface area is 121 Å². The highest BCUT2D eigenvalue weighted by atomic mass is 16.5. The number of para-hydroxylation sites is 1. The molecule has 1 aliphatic heterocycles. The molecule has 0 radical (unpaired) electrons. The number of hydrogen-bond acceptors (Lipinski definition) is 4. The first-order chi connectivity index (χ1) is 10.1. The third kappa shape index (κ3) is 2.27. The van der Waals surface area contributed by atoms with Crippen molar-refractivity contribution in [1.82, 2.24) is 4.98 Å². The molecule has 2 aromatic rings. The Morgan fingerprint density at radius 3 is 2.71 bits per heavy atom. The first kappa shape index (κ1) is 13.6. The summed E-state index contributed by atoms with van der Waals surface area (Å²) in [4.78, 5) is 28.7. The minimum absolute atomic E-state index is 0.0480. The fourth-order valence-electron chi connectivity index (χ4n) is 2.68. The number of hydrogen-bond donors (Lipinski definition) is 2. The summed E-state index contributed by atoms with van der Waals surface area (Å²) in [5, 5.41) is 9.76. The van der Waals surface area contributed by atoms with Crippen LogP contribution in [0.1, 0.15) is 16.1 Å². The lowest BCUT2D eigenvalue weighted by atomic mass is 10.1. The lowest BCUT2D eigenvalue weighted by Gasteiger charge is -2.29. The molecule has 1 aromatic heterocycles. The highest BCUT2D eigenvalue weighted by Crippen LogP contribution is 2.25. The summed E-state index contributed by atoms with van der Waals surface area (Å²) >= 11 is 0. The van der Waals surface area contributed by atoms with Crippen molar-refractivity contribution >= 4 is 22.6 Å². The average Bonchev–Trinajstić information content (AvgIpc) is 2.51. The van der Waals surface area contributed by atoms with Crippen LogP contribution in [0.3, 0.4) is 0 Å². The van der Waals surface area contributed by atoms with E-state index in [0.29, 0.717) is 24.1 Å². The van der Waals surface area contributed by atoms with E-state index >= 15 is 0 Å². The second kappa shape index (κ2) is 5.21. The Bertz CT molecular complexity index is 760. The number of anilines is 1. The molecule has 6 heteroatoms. The zero-order chi connectivity index (χ0) is 15.0. The number of ether oxygens (including phenoxy) is 1. The van der Waals surface area contributed by atoms with Gasteiger partial charge in [-0.15, -0.1) is 0 Å². The molecule has 0 amide bonds. The molecule has 0 spiro atoms. The molecule has 0 unspecified atom stereocenters. The number of pyridine rings is 1. The van der Waals surface area contributed by atoms with Crippen LogP contribution in [0.25, 0.3) is 10.9 Å². The van der Waals surface area contributed by atoms with E-state index in [4.69, 9.17) is 4.74 Å². The molecule has 3 rings (SSSR count). The third-order valence-corrected chi connectivity index (χ3v) is 3.82. The Kier molecular flexibility index (Phi) is 3.39. The third-order valence-electron chi connectivity index (χ3n) is 3.82. The number of carboxylic acid groups (broad SMARTS) is 1. The number of fused-ring (bicyclic) bond motifs is 1. The average molecular weight is 288 g/mol. The predicted octanol–water partition coefficient (Wildman–Crippen LogP) is 1.37. The largest absolute Gasteiger partial charge is 0.477 e. The first-order valence-electron chi connectivity index (χ1n) is 6.81. The second-order valence-corrected chi connectivity index (χ2v) is 5.06. The van der Waals surface area contributed by atoms with Crippen molar-refractivity contribution < 1.29 is 14.6 Å². The Morgan fingerprint density at radius 1 is 1.33 bits per heavy atom. The maximum absolute atomic E-state index is 12.4. The molecule has 1 aliphatic rings. The van der Waals surface area contributed by atoms with Crippen LogP contribution in [0.15, 0.2) is 23.0 Å². The van der Waals surface area contributed by atoms with Gasteiger partial charge in [0.1, 0.15) is 5.69 Å². The number of benzene rings is 1. The smallest absolute Gasteiger partial charge is 0.352 e. The number of aromatic amines is 1. The van der Waals surface area contributed by atoms with Crippen LogP contribution in [0.5, 0.6) is 0 Å². The van der Waals surface area contributed by atoms with Crippen molar-refractivity contribution in [2.24, 2.45) is 0 Å². The fourth-order valence-corrected chi connectivity index (χ4v) is 2.68. The number of carboxylic acids is 1. The zero-order valence-electron chi connectivity index (χ0n) is 11.7. The molecule has 1 fully saturated rings. The van der Waals surface area contributed by atoms with Crippen LogP contribution in [-0.4, -0.2) is 42.4 Å². The number of aromatic nitrogens is 1. The van der Waals surface area contributed by atoms with Crippen molar-refractivity contribution in [2.75, 3.05) is 31.2 Å². The molecule has 1 aromatic carbocycles. The van der Waals surface area contributed by atoms with E-state index in [1.807, 2.05) is 12.1 Å². The molecule has 0 atom stereocenters. The zero-order valence-corrected chi connectivity index (χ0v) is 11.7. The van der Waals surface area contributed by atoms with Crippen molar-refractivity contribution in [3.63, 3.8) is 0 Å². The number of aromatic carboxylic acids is 1. The van der Waals surface area contributed by atoms with Gasteiger partial charge in [-0.2, -0.15) is 0 Å². The van der Waals surface area contributed by atoms with E-state index in [0.717, 1.165) is 18.8 Å². The molecule has 6 nitrogen and oxygen atoms in total. The first-order valence-corrected chi connectivity index (χ1v) is 6.81. The van der Waals surface area contributed by atoms with Crippen LogP contribution in [0.2, 0.25) is 0 Å². The van der Waals surface area contributed by atoms with Gasteiger partial charge in [0.25, 0.3) is 0 Å². The summed E-state index contributed by atoms with van der Waals surface area (Å²) in [6, 6.07) is 5.43. The standard InChI is InChI=1S/C15H16N2O4/c1-9-12(15(19)20)16-13-10(14(9)18)3-2-4-11(13)17-5-7-21-8-6-17/h2-4H,5-8H2,1H3,(H,16,18)(H,19,20). The van der Waals surface area contributed by atoms with E-state index < -0.39 is 5.97 Å². The number of nitrogens with one attached hydrogen (secondary N) is 1. The summed E-state index contributed by atoms with van der Waals surface area (Å²) in [7, 11) is 0. The van der Waals surface area contributed by atoms with Gasteiger partial charge in [-0.25, -0.2) is 4.79 Å². The van der Waals surface area contributed by atoms with Gasteiger partial charge in [-0.1, -0.05) is 6.07 Å². The van der Waals surface area contributed by atoms with Gasteiger partial charge in [0.05, 0.1) is 24.4 Å².